The topological polar surface area (TPSA) is 86.6 Å². The van der Waals surface area contributed by atoms with Gasteiger partial charge in [-0.15, -0.1) is 0 Å². The Balaban J connectivity index is 0. The molecule has 0 aliphatic heterocycles. The maximum Gasteiger partial charge on any atom is 0.321 e. The van der Waals surface area contributed by atoms with Crippen molar-refractivity contribution in [3.63, 3.8) is 0 Å². The van der Waals surface area contributed by atoms with Gasteiger partial charge in [-0.25, -0.2) is 0 Å². The lowest BCUT2D eigenvalue weighted by Gasteiger charge is -2.26. The van der Waals surface area contributed by atoms with Crippen LogP contribution in [-0.2, 0) is 9.59 Å². The predicted octanol–water partition coefficient (Wildman–Crippen LogP) is 0.406. The monoisotopic (exact) mass is 191 g/mol. The maximum absolute atomic E-state index is 10.5. The van der Waals surface area contributed by atoms with Gasteiger partial charge in [0.15, 0.2) is 0 Å². The van der Waals surface area contributed by atoms with Crippen molar-refractivity contribution >= 4 is 12.4 Å². The first kappa shape index (κ1) is 14.4. The summed E-state index contributed by atoms with van der Waals surface area (Å²) in [5, 5.41) is 18.3. The highest BCUT2D eigenvalue weighted by atomic mass is 16.4. The molecule has 0 aromatic carbocycles. The SMILES string of the molecule is CNC(C(=O)O)C(C)(C)C.O=CO. The summed E-state index contributed by atoms with van der Waals surface area (Å²) in [5.41, 5.74) is -0.222. The highest BCUT2D eigenvalue weighted by molar-refractivity contribution is 5.74. The summed E-state index contributed by atoms with van der Waals surface area (Å²) in [6.07, 6.45) is 0. The van der Waals surface area contributed by atoms with E-state index in [9.17, 15) is 4.79 Å². The Kier molecular flexibility index (Phi) is 7.12. The van der Waals surface area contributed by atoms with Gasteiger partial charge < -0.3 is 15.5 Å². The van der Waals surface area contributed by atoms with Gasteiger partial charge >= 0.3 is 5.97 Å². The first-order chi connectivity index (χ1) is 5.81. The van der Waals surface area contributed by atoms with Crippen molar-refractivity contribution in [1.82, 2.24) is 5.32 Å². The van der Waals surface area contributed by atoms with Gasteiger partial charge in [-0.3, -0.25) is 9.59 Å². The van der Waals surface area contributed by atoms with Crippen molar-refractivity contribution in [2.24, 2.45) is 5.41 Å². The van der Waals surface area contributed by atoms with Crippen LogP contribution in [-0.4, -0.2) is 35.7 Å². The summed E-state index contributed by atoms with van der Waals surface area (Å²) in [6, 6.07) is -0.465. The van der Waals surface area contributed by atoms with Crippen LogP contribution in [0.25, 0.3) is 0 Å². The van der Waals surface area contributed by atoms with E-state index in [1.54, 1.807) is 7.05 Å². The van der Waals surface area contributed by atoms with Crippen LogP contribution in [0.1, 0.15) is 20.8 Å². The molecule has 1 unspecified atom stereocenters. The molecule has 0 aromatic heterocycles. The summed E-state index contributed by atoms with van der Waals surface area (Å²) < 4.78 is 0. The normalized spacial score (nSPS) is 12.3. The molecule has 0 fully saturated rings. The van der Waals surface area contributed by atoms with E-state index in [0.717, 1.165) is 0 Å². The van der Waals surface area contributed by atoms with Gasteiger partial charge in [0.05, 0.1) is 0 Å². The third-order valence-corrected chi connectivity index (χ3v) is 1.40. The van der Waals surface area contributed by atoms with E-state index in [2.05, 4.69) is 5.32 Å². The van der Waals surface area contributed by atoms with Crippen molar-refractivity contribution < 1.29 is 19.8 Å². The molecule has 0 amide bonds. The number of likely N-dealkylation sites (N-methyl/N-ethyl adjacent to an activating group) is 1. The second kappa shape index (κ2) is 6.42. The molecule has 0 spiro atoms. The summed E-state index contributed by atoms with van der Waals surface area (Å²) in [6.45, 7) is 5.42. The Morgan fingerprint density at radius 3 is 1.77 bits per heavy atom. The average molecular weight is 191 g/mol. The van der Waals surface area contributed by atoms with Gasteiger partial charge in [0.1, 0.15) is 6.04 Å². The van der Waals surface area contributed by atoms with Crippen molar-refractivity contribution in [2.75, 3.05) is 7.05 Å². The van der Waals surface area contributed by atoms with Crippen molar-refractivity contribution in [3.05, 3.63) is 0 Å². The van der Waals surface area contributed by atoms with E-state index >= 15 is 0 Å². The maximum atomic E-state index is 10.5. The van der Waals surface area contributed by atoms with Crippen LogP contribution in [0, 0.1) is 5.41 Å². The zero-order valence-electron chi connectivity index (χ0n) is 8.37. The van der Waals surface area contributed by atoms with Crippen LogP contribution in [0.5, 0.6) is 0 Å². The molecule has 0 saturated carbocycles. The highest BCUT2D eigenvalue weighted by Crippen LogP contribution is 2.18. The summed E-state index contributed by atoms with van der Waals surface area (Å²) in [7, 11) is 1.66. The fourth-order valence-corrected chi connectivity index (χ4v) is 0.927. The molecule has 78 valence electrons. The van der Waals surface area contributed by atoms with Gasteiger partial charge in [0, 0.05) is 0 Å². The Morgan fingerprint density at radius 2 is 1.77 bits per heavy atom. The first-order valence-electron chi connectivity index (χ1n) is 3.79. The van der Waals surface area contributed by atoms with Crippen molar-refractivity contribution in [2.45, 2.75) is 26.8 Å². The summed E-state index contributed by atoms with van der Waals surface area (Å²) in [4.78, 5) is 18.9. The van der Waals surface area contributed by atoms with E-state index in [4.69, 9.17) is 15.0 Å². The number of carbonyl (C=O) groups is 2. The van der Waals surface area contributed by atoms with E-state index in [1.165, 1.54) is 0 Å². The number of hydrogen-bond donors (Lipinski definition) is 3. The lowest BCUT2D eigenvalue weighted by molar-refractivity contribution is -0.142. The zero-order valence-corrected chi connectivity index (χ0v) is 8.37. The molecule has 13 heavy (non-hydrogen) atoms. The highest BCUT2D eigenvalue weighted by Gasteiger charge is 2.28. The lowest BCUT2D eigenvalue weighted by atomic mass is 9.87. The van der Waals surface area contributed by atoms with E-state index in [1.807, 2.05) is 20.8 Å². The summed E-state index contributed by atoms with van der Waals surface area (Å²) in [5.74, 6) is -0.796. The van der Waals surface area contributed by atoms with Gasteiger partial charge in [-0.2, -0.15) is 0 Å². The molecule has 3 N–H and O–H groups in total. The van der Waals surface area contributed by atoms with Crippen LogP contribution >= 0.6 is 0 Å². The molecule has 5 heteroatoms. The number of aliphatic carboxylic acids is 1. The molecule has 1 atom stereocenters. The minimum absolute atomic E-state index is 0.222. The standard InChI is InChI=1S/C7H15NO2.CH2O2/c1-7(2,3)5(8-4)6(9)10;2-1-3/h5,8H,1-4H3,(H,9,10);1H,(H,2,3). The second-order valence-electron chi connectivity index (χ2n) is 3.53. The Morgan fingerprint density at radius 1 is 1.46 bits per heavy atom. The van der Waals surface area contributed by atoms with Gasteiger partial charge in [-0.05, 0) is 12.5 Å². The minimum atomic E-state index is -0.796. The van der Waals surface area contributed by atoms with Crippen LogP contribution in [0.4, 0.5) is 0 Å². The third kappa shape index (κ3) is 7.27. The molecule has 0 bridgehead atoms. The van der Waals surface area contributed by atoms with Crippen LogP contribution in [0.2, 0.25) is 0 Å². The average Bonchev–Trinajstić information content (AvgIpc) is 1.85. The number of carboxylic acids is 1. The van der Waals surface area contributed by atoms with Crippen molar-refractivity contribution in [1.29, 1.82) is 0 Å². The molecule has 0 aromatic rings. The van der Waals surface area contributed by atoms with Gasteiger partial charge in [0.25, 0.3) is 6.47 Å². The Hall–Kier alpha value is -1.10. The van der Waals surface area contributed by atoms with Gasteiger partial charge in [-0.1, -0.05) is 20.8 Å². The molecule has 0 saturated heterocycles. The Labute approximate surface area is 77.8 Å². The largest absolute Gasteiger partial charge is 0.483 e. The van der Waals surface area contributed by atoms with Crippen LogP contribution < -0.4 is 5.32 Å². The molecule has 0 rings (SSSR count). The molecule has 0 aliphatic carbocycles. The number of nitrogens with one attached hydrogen (secondary N) is 1. The second-order valence-corrected chi connectivity index (χ2v) is 3.53. The molecular weight excluding hydrogens is 174 g/mol. The Bertz CT molecular complexity index is 162. The number of hydrogen-bond acceptors (Lipinski definition) is 3. The molecular formula is C8H17NO4. The zero-order chi connectivity index (χ0) is 11.1. The van der Waals surface area contributed by atoms with E-state index < -0.39 is 12.0 Å². The number of rotatable bonds is 2. The van der Waals surface area contributed by atoms with E-state index in [0.29, 0.717) is 0 Å². The molecule has 0 heterocycles. The van der Waals surface area contributed by atoms with E-state index in [-0.39, 0.29) is 11.9 Å². The number of carboxylic acid groups (broad SMARTS) is 2. The predicted molar refractivity (Wildman–Crippen MR) is 48.6 cm³/mol. The van der Waals surface area contributed by atoms with Crippen LogP contribution in [0.3, 0.4) is 0 Å². The third-order valence-electron chi connectivity index (χ3n) is 1.40. The molecule has 0 radical (unpaired) electrons. The fourth-order valence-electron chi connectivity index (χ4n) is 0.927. The fraction of sp³-hybridized carbons (Fsp3) is 0.750. The van der Waals surface area contributed by atoms with Crippen molar-refractivity contribution in [3.8, 4) is 0 Å². The van der Waals surface area contributed by atoms with Crippen LogP contribution in [0.15, 0.2) is 0 Å². The molecule has 0 aliphatic rings. The molecule has 5 nitrogen and oxygen atoms in total. The first-order valence-corrected chi connectivity index (χ1v) is 3.79. The van der Waals surface area contributed by atoms with Gasteiger partial charge in [0.2, 0.25) is 0 Å². The quantitative estimate of drug-likeness (QED) is 0.550. The minimum Gasteiger partial charge on any atom is -0.483 e. The summed E-state index contributed by atoms with van der Waals surface area (Å²) >= 11 is 0. The smallest absolute Gasteiger partial charge is 0.321 e. The lowest BCUT2D eigenvalue weighted by Crippen LogP contribution is -2.44.